The second kappa shape index (κ2) is 5.66. The molecule has 0 saturated carbocycles. The Labute approximate surface area is 123 Å². The summed E-state index contributed by atoms with van der Waals surface area (Å²) in [7, 11) is 1.80. The number of para-hydroxylation sites is 1. The van der Waals surface area contributed by atoms with Gasteiger partial charge in [-0.1, -0.05) is 30.3 Å². The van der Waals surface area contributed by atoms with Crippen molar-refractivity contribution in [3.8, 4) is 0 Å². The lowest BCUT2D eigenvalue weighted by molar-refractivity contribution is -0.119. The van der Waals surface area contributed by atoms with Crippen molar-refractivity contribution in [1.29, 1.82) is 0 Å². The highest BCUT2D eigenvalue weighted by Crippen LogP contribution is 2.33. The first-order chi connectivity index (χ1) is 10.1. The number of benzene rings is 2. The van der Waals surface area contributed by atoms with Gasteiger partial charge in [-0.15, -0.1) is 0 Å². The van der Waals surface area contributed by atoms with Gasteiger partial charge < -0.3 is 10.2 Å². The Morgan fingerprint density at radius 3 is 2.86 bits per heavy atom. The van der Waals surface area contributed by atoms with E-state index in [2.05, 4.69) is 5.32 Å². The predicted octanol–water partition coefficient (Wildman–Crippen LogP) is 3.02. The van der Waals surface area contributed by atoms with Gasteiger partial charge in [0.1, 0.15) is 5.82 Å². The van der Waals surface area contributed by atoms with Crippen molar-refractivity contribution in [3.05, 3.63) is 65.5 Å². The minimum Gasteiger partial charge on any atom is -0.315 e. The minimum absolute atomic E-state index is 0.0341. The quantitative estimate of drug-likeness (QED) is 0.939. The van der Waals surface area contributed by atoms with Crippen molar-refractivity contribution in [2.24, 2.45) is 0 Å². The highest BCUT2D eigenvalue weighted by molar-refractivity contribution is 5.96. The van der Waals surface area contributed by atoms with Gasteiger partial charge in [-0.05, 0) is 29.3 Å². The molecule has 3 rings (SSSR count). The summed E-state index contributed by atoms with van der Waals surface area (Å²) < 4.78 is 13.2. The predicted molar refractivity (Wildman–Crippen MR) is 80.4 cm³/mol. The summed E-state index contributed by atoms with van der Waals surface area (Å²) in [6.07, 6.45) is 0.419. The standard InChI is InChI=1S/C17H17FN2O/c1-20-16-8-3-2-7-14(16)15(10-17(20)21)19-11-12-5-4-6-13(18)9-12/h2-9,15,19H,10-11H2,1H3. The van der Waals surface area contributed by atoms with Crippen LogP contribution < -0.4 is 10.2 Å². The van der Waals surface area contributed by atoms with Crippen LogP contribution in [-0.2, 0) is 11.3 Å². The zero-order chi connectivity index (χ0) is 14.8. The van der Waals surface area contributed by atoms with E-state index in [1.165, 1.54) is 12.1 Å². The number of halogens is 1. The van der Waals surface area contributed by atoms with Crippen LogP contribution in [0, 0.1) is 5.82 Å². The average Bonchev–Trinajstić information content (AvgIpc) is 2.50. The van der Waals surface area contributed by atoms with Crippen LogP contribution in [-0.4, -0.2) is 13.0 Å². The van der Waals surface area contributed by atoms with Crippen LogP contribution in [0.5, 0.6) is 0 Å². The lowest BCUT2D eigenvalue weighted by Crippen LogP contribution is -2.37. The zero-order valence-electron chi connectivity index (χ0n) is 11.8. The second-order valence-electron chi connectivity index (χ2n) is 5.28. The first kappa shape index (κ1) is 13.8. The fourth-order valence-electron chi connectivity index (χ4n) is 2.71. The third-order valence-electron chi connectivity index (χ3n) is 3.87. The summed E-state index contributed by atoms with van der Waals surface area (Å²) in [6, 6.07) is 14.3. The van der Waals surface area contributed by atoms with Gasteiger partial charge in [-0.25, -0.2) is 4.39 Å². The Hall–Kier alpha value is -2.20. The molecule has 4 heteroatoms. The van der Waals surface area contributed by atoms with Crippen LogP contribution >= 0.6 is 0 Å². The number of carbonyl (C=O) groups is 1. The highest BCUT2D eigenvalue weighted by atomic mass is 19.1. The molecule has 1 unspecified atom stereocenters. The molecule has 2 aromatic carbocycles. The van der Waals surface area contributed by atoms with E-state index in [0.29, 0.717) is 13.0 Å². The average molecular weight is 284 g/mol. The van der Waals surface area contributed by atoms with Crippen LogP contribution in [0.1, 0.15) is 23.6 Å². The van der Waals surface area contributed by atoms with E-state index in [9.17, 15) is 9.18 Å². The Morgan fingerprint density at radius 2 is 2.05 bits per heavy atom. The third kappa shape index (κ3) is 2.81. The van der Waals surface area contributed by atoms with Crippen molar-refractivity contribution in [1.82, 2.24) is 5.32 Å². The van der Waals surface area contributed by atoms with Gasteiger partial charge in [0.05, 0.1) is 0 Å². The van der Waals surface area contributed by atoms with Crippen molar-refractivity contribution in [3.63, 3.8) is 0 Å². The molecule has 1 N–H and O–H groups in total. The SMILES string of the molecule is CN1C(=O)CC(NCc2cccc(F)c2)c2ccccc21. The highest BCUT2D eigenvalue weighted by Gasteiger charge is 2.28. The van der Waals surface area contributed by atoms with E-state index in [1.807, 2.05) is 30.3 Å². The molecule has 0 saturated heterocycles. The van der Waals surface area contributed by atoms with Gasteiger partial charge in [0.2, 0.25) is 5.91 Å². The molecular weight excluding hydrogens is 267 g/mol. The largest absolute Gasteiger partial charge is 0.315 e. The van der Waals surface area contributed by atoms with E-state index < -0.39 is 0 Å². The third-order valence-corrected chi connectivity index (χ3v) is 3.87. The van der Waals surface area contributed by atoms with E-state index in [-0.39, 0.29) is 17.8 Å². The Balaban J connectivity index is 1.80. The monoisotopic (exact) mass is 284 g/mol. The molecule has 0 aromatic heterocycles. The number of hydrogen-bond donors (Lipinski definition) is 1. The summed E-state index contributed by atoms with van der Waals surface area (Å²) in [5.41, 5.74) is 2.92. The van der Waals surface area contributed by atoms with Crippen LogP contribution in [0.25, 0.3) is 0 Å². The lowest BCUT2D eigenvalue weighted by Gasteiger charge is -2.32. The molecule has 3 nitrogen and oxygen atoms in total. The maximum absolute atomic E-state index is 13.2. The van der Waals surface area contributed by atoms with E-state index >= 15 is 0 Å². The maximum atomic E-state index is 13.2. The van der Waals surface area contributed by atoms with E-state index in [0.717, 1.165) is 16.8 Å². The number of rotatable bonds is 3. The fourth-order valence-corrected chi connectivity index (χ4v) is 2.71. The molecular formula is C17H17FN2O. The zero-order valence-corrected chi connectivity index (χ0v) is 11.8. The Kier molecular flexibility index (Phi) is 3.71. The van der Waals surface area contributed by atoms with Crippen LogP contribution in [0.2, 0.25) is 0 Å². The molecule has 1 aliphatic heterocycles. The van der Waals surface area contributed by atoms with E-state index in [1.54, 1.807) is 18.0 Å². The number of fused-ring (bicyclic) bond motifs is 1. The van der Waals surface area contributed by atoms with Crippen molar-refractivity contribution in [2.75, 3.05) is 11.9 Å². The summed E-state index contributed by atoms with van der Waals surface area (Å²) in [5.74, 6) is -0.153. The molecule has 0 spiro atoms. The van der Waals surface area contributed by atoms with Gasteiger partial charge in [0.15, 0.2) is 0 Å². The maximum Gasteiger partial charge on any atom is 0.228 e. The molecule has 1 aliphatic rings. The molecule has 21 heavy (non-hydrogen) atoms. The second-order valence-corrected chi connectivity index (χ2v) is 5.28. The number of amides is 1. The molecule has 1 amide bonds. The Bertz CT molecular complexity index is 671. The first-order valence-electron chi connectivity index (χ1n) is 6.98. The van der Waals surface area contributed by atoms with Crippen LogP contribution in [0.4, 0.5) is 10.1 Å². The molecule has 1 heterocycles. The summed E-state index contributed by atoms with van der Waals surface area (Å²) >= 11 is 0. The van der Waals surface area contributed by atoms with Gasteiger partial charge in [-0.2, -0.15) is 0 Å². The molecule has 0 aliphatic carbocycles. The molecule has 108 valence electrons. The molecule has 1 atom stereocenters. The summed E-state index contributed by atoms with van der Waals surface area (Å²) in [5, 5.41) is 3.36. The smallest absolute Gasteiger partial charge is 0.228 e. The topological polar surface area (TPSA) is 32.3 Å². The number of hydrogen-bond acceptors (Lipinski definition) is 2. The van der Waals surface area contributed by atoms with Gasteiger partial charge in [-0.3, -0.25) is 4.79 Å². The van der Waals surface area contributed by atoms with Gasteiger partial charge in [0, 0.05) is 31.7 Å². The Morgan fingerprint density at radius 1 is 1.24 bits per heavy atom. The molecule has 0 bridgehead atoms. The van der Waals surface area contributed by atoms with Crippen LogP contribution in [0.15, 0.2) is 48.5 Å². The molecule has 0 radical (unpaired) electrons. The number of carbonyl (C=O) groups excluding carboxylic acids is 1. The number of nitrogens with one attached hydrogen (secondary N) is 1. The van der Waals surface area contributed by atoms with Gasteiger partial charge >= 0.3 is 0 Å². The molecule has 2 aromatic rings. The summed E-state index contributed by atoms with van der Waals surface area (Å²) in [4.78, 5) is 13.7. The van der Waals surface area contributed by atoms with Crippen molar-refractivity contribution < 1.29 is 9.18 Å². The lowest BCUT2D eigenvalue weighted by atomic mass is 9.96. The fraction of sp³-hybridized carbons (Fsp3) is 0.235. The van der Waals surface area contributed by atoms with Crippen LogP contribution in [0.3, 0.4) is 0 Å². The molecule has 0 fully saturated rings. The van der Waals surface area contributed by atoms with Gasteiger partial charge in [0.25, 0.3) is 0 Å². The van der Waals surface area contributed by atoms with E-state index in [4.69, 9.17) is 0 Å². The minimum atomic E-state index is -0.242. The first-order valence-corrected chi connectivity index (χ1v) is 6.98. The summed E-state index contributed by atoms with van der Waals surface area (Å²) in [6.45, 7) is 0.535. The van der Waals surface area contributed by atoms with Crippen molar-refractivity contribution in [2.45, 2.75) is 19.0 Å². The number of anilines is 1. The number of nitrogens with zero attached hydrogens (tertiary/aromatic N) is 1. The normalized spacial score (nSPS) is 17.7. The van der Waals surface area contributed by atoms with Crippen molar-refractivity contribution >= 4 is 11.6 Å².